The van der Waals surface area contributed by atoms with Crippen molar-refractivity contribution in [2.75, 3.05) is 4.90 Å². The first-order chi connectivity index (χ1) is 28.1. The third-order valence-electron chi connectivity index (χ3n) is 13.3. The highest BCUT2D eigenvalue weighted by molar-refractivity contribution is 6.03. The largest absolute Gasteiger partial charge is 0.309 e. The molecule has 0 N–H and O–H groups in total. The smallest absolute Gasteiger partial charge is 0.0726 e. The van der Waals surface area contributed by atoms with Crippen molar-refractivity contribution in [2.45, 2.75) is 24.7 Å². The second-order valence-electron chi connectivity index (χ2n) is 16.4. The maximum Gasteiger partial charge on any atom is 0.0726 e. The van der Waals surface area contributed by atoms with Gasteiger partial charge in [0.15, 0.2) is 0 Å². The number of para-hydroxylation sites is 1. The van der Waals surface area contributed by atoms with Crippen LogP contribution in [0, 0.1) is 0 Å². The molecule has 0 saturated carbocycles. The Bertz CT molecular complexity index is 3060. The Labute approximate surface area is 334 Å². The molecule has 0 heterocycles. The molecule has 0 amide bonds. The average molecular weight is 726 g/mol. The number of fused-ring (bicyclic) bond motifs is 14. The fourth-order valence-corrected chi connectivity index (χ4v) is 11.0. The molecular weight excluding hydrogens is 687 g/mol. The molecule has 57 heavy (non-hydrogen) atoms. The number of rotatable bonds is 4. The number of hydrogen-bond acceptors (Lipinski definition) is 1. The van der Waals surface area contributed by atoms with Gasteiger partial charge in [-0.25, -0.2) is 0 Å². The maximum absolute atomic E-state index is 2.54. The summed E-state index contributed by atoms with van der Waals surface area (Å²) in [6, 6.07) is 75.0. The minimum absolute atomic E-state index is 0.158. The van der Waals surface area contributed by atoms with Gasteiger partial charge in [0.25, 0.3) is 0 Å². The Morgan fingerprint density at radius 1 is 0.333 bits per heavy atom. The quantitative estimate of drug-likeness (QED) is 0.175. The van der Waals surface area contributed by atoms with Crippen molar-refractivity contribution in [1.82, 2.24) is 0 Å². The monoisotopic (exact) mass is 725 g/mol. The molecule has 9 aromatic rings. The molecule has 0 atom stereocenters. The maximum atomic E-state index is 2.54. The molecule has 1 spiro atoms. The fraction of sp³-hybridized carbons (Fsp3) is 0.0714. The summed E-state index contributed by atoms with van der Waals surface area (Å²) < 4.78 is 0. The Kier molecular flexibility index (Phi) is 6.67. The predicted molar refractivity (Wildman–Crippen MR) is 238 cm³/mol. The molecule has 9 aromatic carbocycles. The number of nitrogens with zero attached hydrogens (tertiary/aromatic N) is 1. The molecule has 1 heteroatoms. The summed E-state index contributed by atoms with van der Waals surface area (Å²) >= 11 is 0. The van der Waals surface area contributed by atoms with Crippen LogP contribution in [-0.2, 0) is 10.8 Å². The van der Waals surface area contributed by atoms with E-state index >= 15 is 0 Å². The summed E-state index contributed by atoms with van der Waals surface area (Å²) in [7, 11) is 0. The van der Waals surface area contributed by atoms with E-state index in [2.05, 4.69) is 219 Å². The van der Waals surface area contributed by atoms with Gasteiger partial charge in [0.2, 0.25) is 0 Å². The zero-order valence-electron chi connectivity index (χ0n) is 32.0. The van der Waals surface area contributed by atoms with Crippen LogP contribution in [0.2, 0.25) is 0 Å². The minimum Gasteiger partial charge on any atom is -0.309 e. The van der Waals surface area contributed by atoms with Gasteiger partial charge in [0, 0.05) is 22.1 Å². The van der Waals surface area contributed by atoms with Crippen LogP contribution in [0.3, 0.4) is 0 Å². The van der Waals surface area contributed by atoms with Crippen LogP contribution in [0.15, 0.2) is 200 Å². The normalized spacial score (nSPS) is 14.4. The summed E-state index contributed by atoms with van der Waals surface area (Å²) in [5, 5.41) is 2.44. The van der Waals surface area contributed by atoms with Crippen LogP contribution < -0.4 is 4.90 Å². The van der Waals surface area contributed by atoms with E-state index in [4.69, 9.17) is 0 Å². The number of hydrogen-bond donors (Lipinski definition) is 0. The van der Waals surface area contributed by atoms with Crippen molar-refractivity contribution in [3.63, 3.8) is 0 Å². The molecule has 0 unspecified atom stereocenters. The molecule has 12 rings (SSSR count). The molecule has 3 aliphatic carbocycles. The summed E-state index contributed by atoms with van der Waals surface area (Å²) in [5.41, 5.74) is 21.4. The van der Waals surface area contributed by atoms with Crippen molar-refractivity contribution in [1.29, 1.82) is 0 Å². The molecule has 0 saturated heterocycles. The topological polar surface area (TPSA) is 3.24 Å². The van der Waals surface area contributed by atoms with Gasteiger partial charge in [-0.15, -0.1) is 0 Å². The van der Waals surface area contributed by atoms with E-state index in [1.807, 2.05) is 0 Å². The molecule has 3 aliphatic rings. The third-order valence-corrected chi connectivity index (χ3v) is 13.3. The lowest BCUT2D eigenvalue weighted by Gasteiger charge is -2.33. The zero-order valence-corrected chi connectivity index (χ0v) is 32.0. The van der Waals surface area contributed by atoms with E-state index in [0.29, 0.717) is 0 Å². The van der Waals surface area contributed by atoms with Crippen LogP contribution in [-0.4, -0.2) is 0 Å². The van der Waals surface area contributed by atoms with E-state index in [9.17, 15) is 0 Å². The first-order valence-corrected chi connectivity index (χ1v) is 20.1. The van der Waals surface area contributed by atoms with E-state index < -0.39 is 5.41 Å². The highest BCUT2D eigenvalue weighted by Gasteiger charge is 2.51. The molecular formula is C56H39N. The number of benzene rings is 9. The number of anilines is 3. The minimum atomic E-state index is -0.435. The second-order valence-corrected chi connectivity index (χ2v) is 16.4. The lowest BCUT2D eigenvalue weighted by molar-refractivity contribution is 0.662. The Morgan fingerprint density at radius 3 is 1.44 bits per heavy atom. The SMILES string of the molecule is CC1(C)c2ccccc2-c2cccc(-c3ccccc3N(c3ccc4c(c3)C3(c5ccccc5-c5ccccc53)c3ccccc3-4)c3cccc4ccccc34)c21. The summed E-state index contributed by atoms with van der Waals surface area (Å²) in [6.45, 7) is 4.78. The van der Waals surface area contributed by atoms with Crippen molar-refractivity contribution < 1.29 is 0 Å². The van der Waals surface area contributed by atoms with Crippen molar-refractivity contribution >= 4 is 27.8 Å². The van der Waals surface area contributed by atoms with Crippen LogP contribution >= 0.6 is 0 Å². The third kappa shape index (κ3) is 4.24. The standard InChI is InChI=1S/C56H39N/c1-55(2)47-27-10-5-23-42(47)45-25-16-26-46(54(45)55)44-24-9-14-31-53(44)57(52-32-15-18-36-17-3-4-19-38(36)52)37-33-34-43-41-22-8-13-30-50(41)56(51(43)35-37)48-28-11-6-20-39(48)40-21-7-12-29-49(40)56/h3-35H,1-2H3. The zero-order chi connectivity index (χ0) is 37.9. The Balaban J connectivity index is 1.16. The molecule has 0 fully saturated rings. The first kappa shape index (κ1) is 32.3. The lowest BCUT2D eigenvalue weighted by atomic mass is 9.70. The molecule has 0 radical (unpaired) electrons. The van der Waals surface area contributed by atoms with Crippen LogP contribution in [0.4, 0.5) is 17.1 Å². The molecule has 0 bridgehead atoms. The highest BCUT2D eigenvalue weighted by atomic mass is 15.1. The lowest BCUT2D eigenvalue weighted by Crippen LogP contribution is -2.26. The molecule has 0 aliphatic heterocycles. The summed E-state index contributed by atoms with van der Waals surface area (Å²) in [6.07, 6.45) is 0. The van der Waals surface area contributed by atoms with E-state index in [1.165, 1.54) is 88.7 Å². The van der Waals surface area contributed by atoms with Gasteiger partial charge in [0.1, 0.15) is 0 Å². The van der Waals surface area contributed by atoms with Gasteiger partial charge in [-0.2, -0.15) is 0 Å². The molecule has 268 valence electrons. The van der Waals surface area contributed by atoms with Crippen LogP contribution in [0.25, 0.3) is 55.3 Å². The predicted octanol–water partition coefficient (Wildman–Crippen LogP) is 14.6. The second kappa shape index (κ2) is 11.8. The average Bonchev–Trinajstić information content (AvgIpc) is 3.83. The van der Waals surface area contributed by atoms with E-state index in [0.717, 1.165) is 17.1 Å². The van der Waals surface area contributed by atoms with Crippen molar-refractivity contribution in [3.8, 4) is 44.5 Å². The molecule has 0 aromatic heterocycles. The Morgan fingerprint density at radius 2 is 0.772 bits per heavy atom. The summed E-state index contributed by atoms with van der Waals surface area (Å²) in [4.78, 5) is 2.54. The Hall–Kier alpha value is -6.96. The van der Waals surface area contributed by atoms with Crippen LogP contribution in [0.5, 0.6) is 0 Å². The van der Waals surface area contributed by atoms with Gasteiger partial charge in [0.05, 0.1) is 16.8 Å². The van der Waals surface area contributed by atoms with E-state index in [-0.39, 0.29) is 5.41 Å². The van der Waals surface area contributed by atoms with Gasteiger partial charge in [-0.3, -0.25) is 0 Å². The van der Waals surface area contributed by atoms with Gasteiger partial charge >= 0.3 is 0 Å². The summed E-state index contributed by atoms with van der Waals surface area (Å²) in [5.74, 6) is 0. The van der Waals surface area contributed by atoms with Gasteiger partial charge in [-0.05, 0) is 102 Å². The fourth-order valence-electron chi connectivity index (χ4n) is 11.0. The first-order valence-electron chi connectivity index (χ1n) is 20.1. The van der Waals surface area contributed by atoms with Gasteiger partial charge < -0.3 is 4.90 Å². The van der Waals surface area contributed by atoms with Crippen LogP contribution in [0.1, 0.15) is 47.2 Å². The van der Waals surface area contributed by atoms with E-state index in [1.54, 1.807) is 0 Å². The van der Waals surface area contributed by atoms with Crippen molar-refractivity contribution in [2.24, 2.45) is 0 Å². The van der Waals surface area contributed by atoms with Crippen molar-refractivity contribution in [3.05, 3.63) is 234 Å². The highest BCUT2D eigenvalue weighted by Crippen LogP contribution is 2.63. The van der Waals surface area contributed by atoms with Gasteiger partial charge in [-0.1, -0.05) is 190 Å². The molecule has 1 nitrogen and oxygen atoms in total.